The smallest absolute Gasteiger partial charge is 0.269 e. The van der Waals surface area contributed by atoms with E-state index >= 15 is 0 Å². The van der Waals surface area contributed by atoms with Crippen LogP contribution in [0.5, 0.6) is 5.75 Å². The van der Waals surface area contributed by atoms with Crippen LogP contribution in [0.1, 0.15) is 11.1 Å². The molecule has 0 unspecified atom stereocenters. The molecule has 0 spiro atoms. The molecule has 5 nitrogen and oxygen atoms in total. The molecule has 0 bridgehead atoms. The van der Waals surface area contributed by atoms with Crippen molar-refractivity contribution < 1.29 is 14.8 Å². The van der Waals surface area contributed by atoms with Crippen LogP contribution in [0.2, 0.25) is 0 Å². The van der Waals surface area contributed by atoms with Gasteiger partial charge < -0.3 is 9.84 Å². The molecule has 0 radical (unpaired) electrons. The van der Waals surface area contributed by atoms with Gasteiger partial charge in [0.05, 0.1) is 11.5 Å². The Hall–Kier alpha value is -2.40. The van der Waals surface area contributed by atoms with Crippen LogP contribution in [0.15, 0.2) is 48.5 Å². The van der Waals surface area contributed by atoms with Gasteiger partial charge in [0.15, 0.2) is 0 Å². The summed E-state index contributed by atoms with van der Waals surface area (Å²) in [5.41, 5.74) is 1.75. The Labute approximate surface area is 110 Å². The molecule has 0 saturated carbocycles. The third-order valence-electron chi connectivity index (χ3n) is 2.66. The summed E-state index contributed by atoms with van der Waals surface area (Å²) in [7, 11) is 0. The Kier molecular flexibility index (Phi) is 4.10. The second-order valence-corrected chi connectivity index (χ2v) is 4.01. The van der Waals surface area contributed by atoms with Crippen molar-refractivity contribution in [3.63, 3.8) is 0 Å². The molecule has 0 atom stereocenters. The average Bonchev–Trinajstić information content (AvgIpc) is 2.46. The van der Waals surface area contributed by atoms with E-state index in [1.54, 1.807) is 36.4 Å². The summed E-state index contributed by atoms with van der Waals surface area (Å²) in [6, 6.07) is 13.4. The van der Waals surface area contributed by atoms with Gasteiger partial charge >= 0.3 is 0 Å². The lowest BCUT2D eigenvalue weighted by Gasteiger charge is -2.06. The highest BCUT2D eigenvalue weighted by molar-refractivity contribution is 5.33. The summed E-state index contributed by atoms with van der Waals surface area (Å²) >= 11 is 0. The normalized spacial score (nSPS) is 10.2. The number of rotatable bonds is 5. The largest absolute Gasteiger partial charge is 0.489 e. The first-order valence-electron chi connectivity index (χ1n) is 5.75. The van der Waals surface area contributed by atoms with E-state index < -0.39 is 4.92 Å². The maximum atomic E-state index is 10.5. The van der Waals surface area contributed by atoms with Gasteiger partial charge in [-0.25, -0.2) is 0 Å². The van der Waals surface area contributed by atoms with E-state index in [2.05, 4.69) is 0 Å². The summed E-state index contributed by atoms with van der Waals surface area (Å²) in [5.74, 6) is 0.690. The second-order valence-electron chi connectivity index (χ2n) is 4.01. The lowest BCUT2D eigenvalue weighted by atomic mass is 10.2. The summed E-state index contributed by atoms with van der Waals surface area (Å²) in [6.07, 6.45) is 0. The van der Waals surface area contributed by atoms with Crippen LogP contribution >= 0.6 is 0 Å². The number of hydrogen-bond donors (Lipinski definition) is 1. The van der Waals surface area contributed by atoms with Crippen molar-refractivity contribution >= 4 is 5.69 Å². The number of nitro groups is 1. The molecule has 19 heavy (non-hydrogen) atoms. The van der Waals surface area contributed by atoms with Crippen molar-refractivity contribution in [1.29, 1.82) is 0 Å². The Morgan fingerprint density at radius 3 is 2.11 bits per heavy atom. The average molecular weight is 259 g/mol. The summed E-state index contributed by atoms with van der Waals surface area (Å²) in [5, 5.41) is 19.4. The maximum Gasteiger partial charge on any atom is 0.269 e. The summed E-state index contributed by atoms with van der Waals surface area (Å²) in [4.78, 5) is 10.1. The number of ether oxygens (including phenoxy) is 1. The zero-order chi connectivity index (χ0) is 13.7. The molecule has 2 rings (SSSR count). The van der Waals surface area contributed by atoms with Gasteiger partial charge in [0.25, 0.3) is 5.69 Å². The number of hydrogen-bond acceptors (Lipinski definition) is 4. The fourth-order valence-electron chi connectivity index (χ4n) is 1.57. The van der Waals surface area contributed by atoms with Gasteiger partial charge in [-0.2, -0.15) is 0 Å². The van der Waals surface area contributed by atoms with Crippen LogP contribution in [-0.4, -0.2) is 10.0 Å². The van der Waals surface area contributed by atoms with Crippen LogP contribution < -0.4 is 4.74 Å². The lowest BCUT2D eigenvalue weighted by molar-refractivity contribution is -0.384. The number of nitrogens with zero attached hydrogens (tertiary/aromatic N) is 1. The minimum Gasteiger partial charge on any atom is -0.489 e. The van der Waals surface area contributed by atoms with Crippen LogP contribution in [0.25, 0.3) is 0 Å². The van der Waals surface area contributed by atoms with E-state index in [0.29, 0.717) is 12.4 Å². The third-order valence-corrected chi connectivity index (χ3v) is 2.66. The van der Waals surface area contributed by atoms with Gasteiger partial charge in [-0.15, -0.1) is 0 Å². The SMILES string of the molecule is O=[N+]([O-])c1ccc(COc2ccc(CO)cc2)cc1. The van der Waals surface area contributed by atoms with Crippen molar-refractivity contribution in [2.45, 2.75) is 13.2 Å². The Morgan fingerprint density at radius 1 is 1.00 bits per heavy atom. The third kappa shape index (κ3) is 3.53. The number of aliphatic hydroxyl groups excluding tert-OH is 1. The number of aliphatic hydroxyl groups is 1. The molecular weight excluding hydrogens is 246 g/mol. The maximum absolute atomic E-state index is 10.5. The fraction of sp³-hybridized carbons (Fsp3) is 0.143. The van der Waals surface area contributed by atoms with Crippen molar-refractivity contribution in [2.24, 2.45) is 0 Å². The molecule has 0 saturated heterocycles. The molecule has 2 aromatic rings. The standard InChI is InChI=1S/C14H13NO4/c16-9-11-3-7-14(8-4-11)19-10-12-1-5-13(6-2-12)15(17)18/h1-8,16H,9-10H2. The first kappa shape index (κ1) is 13.0. The molecule has 1 N–H and O–H groups in total. The highest BCUT2D eigenvalue weighted by atomic mass is 16.6. The predicted molar refractivity (Wildman–Crippen MR) is 69.8 cm³/mol. The second kappa shape index (κ2) is 5.97. The van der Waals surface area contributed by atoms with Crippen LogP contribution in [0.3, 0.4) is 0 Å². The lowest BCUT2D eigenvalue weighted by Crippen LogP contribution is -1.96. The van der Waals surface area contributed by atoms with Gasteiger partial charge in [0.1, 0.15) is 12.4 Å². The van der Waals surface area contributed by atoms with Gasteiger partial charge in [-0.1, -0.05) is 12.1 Å². The van der Waals surface area contributed by atoms with E-state index in [9.17, 15) is 10.1 Å². The van der Waals surface area contributed by atoms with E-state index in [1.807, 2.05) is 0 Å². The van der Waals surface area contributed by atoms with Gasteiger partial charge in [0.2, 0.25) is 0 Å². The van der Waals surface area contributed by atoms with E-state index in [0.717, 1.165) is 11.1 Å². The van der Waals surface area contributed by atoms with E-state index in [4.69, 9.17) is 9.84 Å². The van der Waals surface area contributed by atoms with E-state index in [1.165, 1.54) is 12.1 Å². The molecule has 0 aliphatic carbocycles. The van der Waals surface area contributed by atoms with Gasteiger partial charge in [-0.05, 0) is 35.4 Å². The highest BCUT2D eigenvalue weighted by Crippen LogP contribution is 2.16. The van der Waals surface area contributed by atoms with Crippen molar-refractivity contribution in [3.05, 3.63) is 69.8 Å². The molecule has 0 aliphatic rings. The van der Waals surface area contributed by atoms with Crippen molar-refractivity contribution in [3.8, 4) is 5.75 Å². The van der Waals surface area contributed by atoms with Crippen molar-refractivity contribution in [2.75, 3.05) is 0 Å². The van der Waals surface area contributed by atoms with Gasteiger partial charge in [-0.3, -0.25) is 10.1 Å². The van der Waals surface area contributed by atoms with E-state index in [-0.39, 0.29) is 12.3 Å². The Morgan fingerprint density at radius 2 is 1.58 bits per heavy atom. The van der Waals surface area contributed by atoms with Crippen molar-refractivity contribution in [1.82, 2.24) is 0 Å². The van der Waals surface area contributed by atoms with Crippen LogP contribution in [-0.2, 0) is 13.2 Å². The molecule has 2 aromatic carbocycles. The molecule has 0 amide bonds. The molecule has 0 aliphatic heterocycles. The molecule has 98 valence electrons. The van der Waals surface area contributed by atoms with Crippen LogP contribution in [0.4, 0.5) is 5.69 Å². The quantitative estimate of drug-likeness (QED) is 0.661. The minimum atomic E-state index is -0.432. The zero-order valence-corrected chi connectivity index (χ0v) is 10.2. The summed E-state index contributed by atoms with van der Waals surface area (Å²) in [6.45, 7) is 0.346. The molecule has 0 fully saturated rings. The fourth-order valence-corrected chi connectivity index (χ4v) is 1.57. The summed E-state index contributed by atoms with van der Waals surface area (Å²) < 4.78 is 5.54. The molecule has 0 heterocycles. The first-order valence-corrected chi connectivity index (χ1v) is 5.75. The number of nitro benzene ring substituents is 1. The first-order chi connectivity index (χ1) is 9.19. The minimum absolute atomic E-state index is 0.00261. The highest BCUT2D eigenvalue weighted by Gasteiger charge is 2.04. The van der Waals surface area contributed by atoms with Gasteiger partial charge in [0, 0.05) is 12.1 Å². The Bertz CT molecular complexity index is 549. The number of benzene rings is 2. The topological polar surface area (TPSA) is 72.6 Å². The molecule has 0 aromatic heterocycles. The zero-order valence-electron chi connectivity index (χ0n) is 10.2. The monoisotopic (exact) mass is 259 g/mol. The Balaban J connectivity index is 1.95. The van der Waals surface area contributed by atoms with Crippen LogP contribution in [0, 0.1) is 10.1 Å². The predicted octanol–water partition coefficient (Wildman–Crippen LogP) is 2.67. The molecule has 5 heteroatoms. The molecular formula is C14H13NO4. The number of non-ortho nitro benzene ring substituents is 1.